The van der Waals surface area contributed by atoms with Gasteiger partial charge in [0.15, 0.2) is 0 Å². The maximum absolute atomic E-state index is 12.2. The van der Waals surface area contributed by atoms with Gasteiger partial charge in [0.2, 0.25) is 0 Å². The Kier molecular flexibility index (Phi) is 4.74. The molecule has 1 aliphatic heterocycles. The number of nitrogens with zero attached hydrogens (tertiary/aromatic N) is 5. The molecule has 0 aromatic carbocycles. The van der Waals surface area contributed by atoms with Gasteiger partial charge in [0.1, 0.15) is 12.1 Å². The summed E-state index contributed by atoms with van der Waals surface area (Å²) >= 11 is 0. The quantitative estimate of drug-likeness (QED) is 0.781. The number of rotatable bonds is 3. The first-order valence-electron chi connectivity index (χ1n) is 10.1. The number of anilines is 1. The Morgan fingerprint density at radius 3 is 2.63 bits per heavy atom. The van der Waals surface area contributed by atoms with Gasteiger partial charge in [0.25, 0.3) is 5.56 Å². The van der Waals surface area contributed by atoms with Gasteiger partial charge in [-0.1, -0.05) is 27.2 Å². The highest BCUT2D eigenvalue weighted by atomic mass is 16.1. The summed E-state index contributed by atoms with van der Waals surface area (Å²) in [5, 5.41) is 4.61. The number of aryl methyl sites for hydroxylation is 1. The van der Waals surface area contributed by atoms with E-state index in [4.69, 9.17) is 0 Å². The molecule has 6 nitrogen and oxygen atoms in total. The topological polar surface area (TPSA) is 63.9 Å². The summed E-state index contributed by atoms with van der Waals surface area (Å²) in [4.78, 5) is 23.7. The van der Waals surface area contributed by atoms with E-state index in [1.807, 2.05) is 6.07 Å². The van der Waals surface area contributed by atoms with Crippen LogP contribution in [0.4, 0.5) is 5.82 Å². The lowest BCUT2D eigenvalue weighted by Crippen LogP contribution is -2.50. The van der Waals surface area contributed by atoms with Crippen molar-refractivity contribution in [3.05, 3.63) is 45.8 Å². The van der Waals surface area contributed by atoms with Crippen LogP contribution in [0.1, 0.15) is 57.0 Å². The number of aromatic nitrogens is 4. The van der Waals surface area contributed by atoms with Crippen molar-refractivity contribution in [3.63, 3.8) is 0 Å². The van der Waals surface area contributed by atoms with E-state index in [1.54, 1.807) is 17.1 Å². The standard InChI is InChI=1S/C21H29N5O/c1-21(2,3)18-9-10-19(27)26(24-18)13-15-11-25(12-15)20-16-7-5-4-6-8-17(16)22-14-23-20/h9-10,14-15H,4-8,11-13H2,1-3H3. The molecule has 0 radical (unpaired) electrons. The van der Waals surface area contributed by atoms with E-state index < -0.39 is 0 Å². The van der Waals surface area contributed by atoms with Crippen LogP contribution in [-0.2, 0) is 24.8 Å². The summed E-state index contributed by atoms with van der Waals surface area (Å²) in [5.41, 5.74) is 3.46. The second kappa shape index (κ2) is 7.06. The molecule has 144 valence electrons. The van der Waals surface area contributed by atoms with E-state index in [-0.39, 0.29) is 11.0 Å². The largest absolute Gasteiger partial charge is 0.355 e. The summed E-state index contributed by atoms with van der Waals surface area (Å²) in [7, 11) is 0. The van der Waals surface area contributed by atoms with Crippen LogP contribution in [0.15, 0.2) is 23.3 Å². The van der Waals surface area contributed by atoms with Gasteiger partial charge in [-0.05, 0) is 31.7 Å². The van der Waals surface area contributed by atoms with Crippen molar-refractivity contribution in [2.75, 3.05) is 18.0 Å². The predicted molar refractivity (Wildman–Crippen MR) is 106 cm³/mol. The third kappa shape index (κ3) is 3.75. The third-order valence-corrected chi connectivity index (χ3v) is 5.68. The fraction of sp³-hybridized carbons (Fsp3) is 0.619. The van der Waals surface area contributed by atoms with Crippen LogP contribution in [0.3, 0.4) is 0 Å². The zero-order chi connectivity index (χ0) is 19.0. The van der Waals surface area contributed by atoms with E-state index in [2.05, 4.69) is 40.7 Å². The molecule has 2 aromatic rings. The molecule has 27 heavy (non-hydrogen) atoms. The maximum Gasteiger partial charge on any atom is 0.266 e. The number of hydrogen-bond acceptors (Lipinski definition) is 5. The molecule has 0 amide bonds. The zero-order valence-electron chi connectivity index (χ0n) is 16.6. The summed E-state index contributed by atoms with van der Waals surface area (Å²) in [6.45, 7) is 8.89. The summed E-state index contributed by atoms with van der Waals surface area (Å²) in [6.07, 6.45) is 7.60. The molecule has 1 fully saturated rings. The van der Waals surface area contributed by atoms with Gasteiger partial charge in [-0.15, -0.1) is 0 Å². The highest BCUT2D eigenvalue weighted by Crippen LogP contribution is 2.31. The first-order valence-corrected chi connectivity index (χ1v) is 10.1. The highest BCUT2D eigenvalue weighted by Gasteiger charge is 2.31. The third-order valence-electron chi connectivity index (χ3n) is 5.68. The van der Waals surface area contributed by atoms with Gasteiger partial charge in [0.05, 0.1) is 12.2 Å². The molecule has 2 aromatic heterocycles. The smallest absolute Gasteiger partial charge is 0.266 e. The van der Waals surface area contributed by atoms with Crippen LogP contribution in [-0.4, -0.2) is 32.8 Å². The first-order chi connectivity index (χ1) is 12.9. The fourth-order valence-electron chi connectivity index (χ4n) is 4.04. The first kappa shape index (κ1) is 18.1. The highest BCUT2D eigenvalue weighted by molar-refractivity contribution is 5.51. The maximum atomic E-state index is 12.2. The molecule has 0 atom stereocenters. The van der Waals surface area contributed by atoms with Gasteiger partial charge < -0.3 is 4.90 Å². The average Bonchev–Trinajstić information content (AvgIpc) is 2.83. The zero-order valence-corrected chi connectivity index (χ0v) is 16.6. The van der Waals surface area contributed by atoms with E-state index in [0.29, 0.717) is 12.5 Å². The Morgan fingerprint density at radius 2 is 1.85 bits per heavy atom. The average molecular weight is 367 g/mol. The van der Waals surface area contributed by atoms with Crippen molar-refractivity contribution in [2.24, 2.45) is 5.92 Å². The van der Waals surface area contributed by atoms with Gasteiger partial charge >= 0.3 is 0 Å². The Balaban J connectivity index is 1.46. The van der Waals surface area contributed by atoms with Crippen molar-refractivity contribution in [2.45, 2.75) is 64.8 Å². The lowest BCUT2D eigenvalue weighted by Gasteiger charge is -2.41. The minimum absolute atomic E-state index is 0.0163. The van der Waals surface area contributed by atoms with E-state index in [9.17, 15) is 4.79 Å². The van der Waals surface area contributed by atoms with E-state index >= 15 is 0 Å². The lowest BCUT2D eigenvalue weighted by atomic mass is 9.92. The Bertz CT molecular complexity index is 877. The van der Waals surface area contributed by atoms with Crippen LogP contribution >= 0.6 is 0 Å². The van der Waals surface area contributed by atoms with Crippen LogP contribution in [0.25, 0.3) is 0 Å². The Hall–Kier alpha value is -2.24. The monoisotopic (exact) mass is 367 g/mol. The second-order valence-corrected chi connectivity index (χ2v) is 8.94. The SMILES string of the molecule is CC(C)(C)c1ccc(=O)n(CC2CN(c3ncnc4c3CCCCC4)C2)n1. The molecule has 2 aliphatic rings. The molecule has 0 spiro atoms. The molecule has 1 saturated heterocycles. The summed E-state index contributed by atoms with van der Waals surface area (Å²) < 4.78 is 1.64. The van der Waals surface area contributed by atoms with Gasteiger partial charge in [0, 0.05) is 41.7 Å². The molecule has 0 saturated carbocycles. The second-order valence-electron chi connectivity index (χ2n) is 8.94. The van der Waals surface area contributed by atoms with Gasteiger partial charge in [-0.2, -0.15) is 5.10 Å². The predicted octanol–water partition coefficient (Wildman–Crippen LogP) is 2.74. The van der Waals surface area contributed by atoms with Gasteiger partial charge in [-0.25, -0.2) is 14.6 Å². The molecule has 0 unspecified atom stereocenters. The van der Waals surface area contributed by atoms with Crippen molar-refractivity contribution in [3.8, 4) is 0 Å². The molecule has 0 N–H and O–H groups in total. The van der Waals surface area contributed by atoms with Crippen LogP contribution < -0.4 is 10.5 Å². The van der Waals surface area contributed by atoms with Gasteiger partial charge in [-0.3, -0.25) is 4.79 Å². The van der Waals surface area contributed by atoms with Crippen molar-refractivity contribution in [1.82, 2.24) is 19.7 Å². The van der Waals surface area contributed by atoms with Crippen LogP contribution in [0.5, 0.6) is 0 Å². The normalized spacial score (nSPS) is 18.0. The van der Waals surface area contributed by atoms with Crippen molar-refractivity contribution >= 4 is 5.82 Å². The van der Waals surface area contributed by atoms with Crippen molar-refractivity contribution < 1.29 is 0 Å². The molecule has 6 heteroatoms. The number of hydrogen-bond donors (Lipinski definition) is 0. The number of fused-ring (bicyclic) bond motifs is 1. The molecular weight excluding hydrogens is 338 g/mol. The van der Waals surface area contributed by atoms with E-state index in [0.717, 1.165) is 37.4 Å². The molecule has 3 heterocycles. The summed E-state index contributed by atoms with van der Waals surface area (Å²) in [5.74, 6) is 1.55. The Labute approximate surface area is 160 Å². The Morgan fingerprint density at radius 1 is 1.07 bits per heavy atom. The minimum atomic E-state index is -0.0559. The summed E-state index contributed by atoms with van der Waals surface area (Å²) in [6, 6.07) is 3.50. The molecule has 0 bridgehead atoms. The lowest BCUT2D eigenvalue weighted by molar-refractivity contribution is 0.327. The molecular formula is C21H29N5O. The van der Waals surface area contributed by atoms with E-state index in [1.165, 1.54) is 30.5 Å². The minimum Gasteiger partial charge on any atom is -0.355 e. The molecule has 1 aliphatic carbocycles. The van der Waals surface area contributed by atoms with Crippen LogP contribution in [0.2, 0.25) is 0 Å². The van der Waals surface area contributed by atoms with Crippen LogP contribution in [0, 0.1) is 5.92 Å². The fourth-order valence-corrected chi connectivity index (χ4v) is 4.04. The van der Waals surface area contributed by atoms with Crippen molar-refractivity contribution in [1.29, 1.82) is 0 Å². The molecule has 4 rings (SSSR count).